The van der Waals surface area contributed by atoms with Gasteiger partial charge in [0.1, 0.15) is 0 Å². The topological polar surface area (TPSA) is 26.0 Å². The molecule has 0 spiro atoms. The van der Waals surface area contributed by atoms with E-state index in [0.717, 1.165) is 5.56 Å². The molecule has 0 aliphatic rings. The van der Waals surface area contributed by atoms with Crippen molar-refractivity contribution in [2.45, 2.75) is 13.0 Å². The molecule has 0 aliphatic carbocycles. The molecule has 9 heavy (non-hydrogen) atoms. The van der Waals surface area contributed by atoms with E-state index in [1.807, 2.05) is 25.1 Å². The first kappa shape index (κ1) is 6.12. The fraction of sp³-hybridized carbons (Fsp3) is 0.250. The number of hydrogen-bond acceptors (Lipinski definition) is 1. The van der Waals surface area contributed by atoms with Crippen molar-refractivity contribution in [2.75, 3.05) is 0 Å². The highest BCUT2D eigenvalue weighted by atomic mass is 14.6. The molecule has 0 aliphatic heterocycles. The molecule has 46 valence electrons. The summed E-state index contributed by atoms with van der Waals surface area (Å²) in [6, 6.07) is 11.4. The third-order valence-corrected chi connectivity index (χ3v) is 1.21. The van der Waals surface area contributed by atoms with Gasteiger partial charge in [0, 0.05) is 6.04 Å². The Kier molecular flexibility index (Phi) is 1.72. The highest BCUT2D eigenvalue weighted by Gasteiger charge is 1.93. The van der Waals surface area contributed by atoms with Crippen LogP contribution in [0.1, 0.15) is 18.5 Å². The Morgan fingerprint density at radius 1 is 1.56 bits per heavy atom. The maximum atomic E-state index is 5.58. The second-order valence-electron chi connectivity index (χ2n) is 2.06. The van der Waals surface area contributed by atoms with Gasteiger partial charge in [0.15, 0.2) is 0 Å². The minimum atomic E-state index is 0.107. The molecule has 2 N–H and O–H groups in total. The van der Waals surface area contributed by atoms with Gasteiger partial charge in [0.25, 0.3) is 0 Å². The van der Waals surface area contributed by atoms with E-state index < -0.39 is 0 Å². The van der Waals surface area contributed by atoms with E-state index in [9.17, 15) is 0 Å². The molecule has 0 saturated heterocycles. The van der Waals surface area contributed by atoms with Crippen LogP contribution in [0.25, 0.3) is 0 Å². The van der Waals surface area contributed by atoms with Crippen LogP contribution in [0.4, 0.5) is 0 Å². The smallest absolute Gasteiger partial charge is 0.0272 e. The summed E-state index contributed by atoms with van der Waals surface area (Å²) >= 11 is 0. The Labute approximate surface area is 55.5 Å². The molecule has 0 amide bonds. The van der Waals surface area contributed by atoms with Crippen LogP contribution in [0.15, 0.2) is 18.2 Å². The lowest BCUT2D eigenvalue weighted by Crippen LogP contribution is -2.03. The summed E-state index contributed by atoms with van der Waals surface area (Å²) < 4.78 is 0. The van der Waals surface area contributed by atoms with Gasteiger partial charge in [-0.25, -0.2) is 0 Å². The number of rotatable bonds is 1. The number of hydrogen-bond donors (Lipinski definition) is 1. The van der Waals surface area contributed by atoms with Gasteiger partial charge in [-0.15, -0.1) is 0 Å². The van der Waals surface area contributed by atoms with Crippen LogP contribution in [0, 0.1) is 12.1 Å². The highest BCUT2D eigenvalue weighted by molar-refractivity contribution is 5.13. The predicted octanol–water partition coefficient (Wildman–Crippen LogP) is 1.31. The molecule has 1 atom stereocenters. The van der Waals surface area contributed by atoms with E-state index in [0.29, 0.717) is 0 Å². The fourth-order valence-electron chi connectivity index (χ4n) is 0.642. The zero-order chi connectivity index (χ0) is 6.69. The van der Waals surface area contributed by atoms with Crippen molar-refractivity contribution in [1.29, 1.82) is 0 Å². The number of nitrogens with two attached hydrogens (primary N) is 1. The van der Waals surface area contributed by atoms with Gasteiger partial charge >= 0.3 is 0 Å². The minimum Gasteiger partial charge on any atom is -0.324 e. The average molecular weight is 119 g/mol. The quantitative estimate of drug-likeness (QED) is 0.592. The molecule has 0 saturated carbocycles. The molecule has 1 rings (SSSR count). The van der Waals surface area contributed by atoms with E-state index >= 15 is 0 Å². The molecule has 1 aromatic rings. The Morgan fingerprint density at radius 3 is 2.67 bits per heavy atom. The molecule has 0 aromatic heterocycles. The lowest BCUT2D eigenvalue weighted by Gasteiger charge is -2.00. The lowest BCUT2D eigenvalue weighted by molar-refractivity contribution is 0.819. The Morgan fingerprint density at radius 2 is 2.33 bits per heavy atom. The second kappa shape index (κ2) is 2.52. The van der Waals surface area contributed by atoms with Crippen molar-refractivity contribution in [3.63, 3.8) is 0 Å². The van der Waals surface area contributed by atoms with Gasteiger partial charge in [0.05, 0.1) is 0 Å². The molecule has 0 heterocycles. The molecule has 0 fully saturated rings. The van der Waals surface area contributed by atoms with Crippen molar-refractivity contribution < 1.29 is 0 Å². The van der Waals surface area contributed by atoms with E-state index in [2.05, 4.69) is 12.1 Å². The zero-order valence-corrected chi connectivity index (χ0v) is 5.39. The van der Waals surface area contributed by atoms with Crippen molar-refractivity contribution in [3.8, 4) is 0 Å². The molecule has 0 bridgehead atoms. The summed E-state index contributed by atoms with van der Waals surface area (Å²) in [5, 5.41) is 0. The average Bonchev–Trinajstić information content (AvgIpc) is 1.90. The van der Waals surface area contributed by atoms with Gasteiger partial charge in [-0.1, -0.05) is 12.1 Å². The first-order valence-corrected chi connectivity index (χ1v) is 2.94. The van der Waals surface area contributed by atoms with E-state index in [-0.39, 0.29) is 6.04 Å². The van der Waals surface area contributed by atoms with Gasteiger partial charge < -0.3 is 5.73 Å². The molecule has 1 nitrogen and oxygen atoms in total. The molecule has 1 heteroatoms. The van der Waals surface area contributed by atoms with E-state index in [1.165, 1.54) is 0 Å². The minimum absolute atomic E-state index is 0.107. The van der Waals surface area contributed by atoms with Gasteiger partial charge in [-0.3, -0.25) is 0 Å². The van der Waals surface area contributed by atoms with Crippen LogP contribution in [-0.4, -0.2) is 0 Å². The van der Waals surface area contributed by atoms with Gasteiger partial charge in [0.2, 0.25) is 0 Å². The maximum absolute atomic E-state index is 5.58. The van der Waals surface area contributed by atoms with Crippen molar-refractivity contribution >= 4 is 0 Å². The van der Waals surface area contributed by atoms with Crippen molar-refractivity contribution in [1.82, 2.24) is 0 Å². The van der Waals surface area contributed by atoms with Gasteiger partial charge in [-0.2, -0.15) is 0 Å². The van der Waals surface area contributed by atoms with Crippen LogP contribution in [0.3, 0.4) is 0 Å². The molecule has 1 aromatic carbocycles. The van der Waals surface area contributed by atoms with Crippen LogP contribution >= 0.6 is 0 Å². The second-order valence-corrected chi connectivity index (χ2v) is 2.06. The van der Waals surface area contributed by atoms with Crippen LogP contribution < -0.4 is 5.73 Å². The Bertz CT molecular complexity index is 167. The third-order valence-electron chi connectivity index (χ3n) is 1.21. The van der Waals surface area contributed by atoms with E-state index in [1.54, 1.807) is 0 Å². The molecular formula is C8H9N. The summed E-state index contributed by atoms with van der Waals surface area (Å²) in [5.41, 5.74) is 6.69. The molecule has 0 unspecified atom stereocenters. The Hall–Kier alpha value is -1.00. The third kappa shape index (κ3) is 1.45. The van der Waals surface area contributed by atoms with Crippen molar-refractivity contribution in [3.05, 3.63) is 35.9 Å². The standard InChI is InChI=1S/C8H9N/c1-7(9)8-5-3-2-4-6-8/h3,5-7H,9H2,1H3/t7-/m0/s1. The zero-order valence-electron chi connectivity index (χ0n) is 5.39. The van der Waals surface area contributed by atoms with E-state index in [4.69, 9.17) is 5.73 Å². The lowest BCUT2D eigenvalue weighted by atomic mass is 10.1. The normalized spacial score (nSPS) is 12.2. The van der Waals surface area contributed by atoms with Gasteiger partial charge in [-0.05, 0) is 30.7 Å². The predicted molar refractivity (Wildman–Crippen MR) is 36.7 cm³/mol. The first-order valence-electron chi connectivity index (χ1n) is 2.94. The summed E-state index contributed by atoms with van der Waals surface area (Å²) in [6.07, 6.45) is 0. The monoisotopic (exact) mass is 119 g/mol. The van der Waals surface area contributed by atoms with Crippen LogP contribution in [0.5, 0.6) is 0 Å². The Balaban J connectivity index is 2.85. The summed E-state index contributed by atoms with van der Waals surface area (Å²) in [7, 11) is 0. The summed E-state index contributed by atoms with van der Waals surface area (Å²) in [4.78, 5) is 0. The first-order chi connectivity index (χ1) is 4.30. The van der Waals surface area contributed by atoms with Crippen LogP contribution in [0.2, 0.25) is 0 Å². The maximum Gasteiger partial charge on any atom is 0.0272 e. The summed E-state index contributed by atoms with van der Waals surface area (Å²) in [6.45, 7) is 1.95. The van der Waals surface area contributed by atoms with Crippen LogP contribution in [-0.2, 0) is 0 Å². The largest absolute Gasteiger partial charge is 0.324 e. The highest BCUT2D eigenvalue weighted by Crippen LogP contribution is 2.04. The fourth-order valence-corrected chi connectivity index (χ4v) is 0.642. The summed E-state index contributed by atoms with van der Waals surface area (Å²) in [5.74, 6) is 0. The molecular weight excluding hydrogens is 110 g/mol. The SMILES string of the molecule is C[C@H](N)c1cc#ccc1. The molecule has 0 radical (unpaired) electrons. The van der Waals surface area contributed by atoms with Crippen molar-refractivity contribution in [2.24, 2.45) is 5.73 Å².